The first-order valence-electron chi connectivity index (χ1n) is 10.2. The second kappa shape index (κ2) is 6.55. The molecule has 0 spiro atoms. The van der Waals surface area contributed by atoms with Crippen LogP contribution in [0.3, 0.4) is 0 Å². The number of halogens is 1. The molecule has 1 amide bonds. The molecule has 2 unspecified atom stereocenters. The van der Waals surface area contributed by atoms with Crippen molar-refractivity contribution >= 4 is 17.3 Å². The number of carbonyl (C=O) groups is 1. The van der Waals surface area contributed by atoms with Gasteiger partial charge in [0.1, 0.15) is 5.82 Å². The van der Waals surface area contributed by atoms with Crippen LogP contribution in [0, 0.1) is 22.6 Å². The minimum Gasteiger partial charge on any atom is -0.390 e. The van der Waals surface area contributed by atoms with E-state index >= 15 is 0 Å². The third-order valence-corrected chi connectivity index (χ3v) is 6.99. The van der Waals surface area contributed by atoms with Crippen LogP contribution < -0.4 is 5.32 Å². The summed E-state index contributed by atoms with van der Waals surface area (Å²) in [5.74, 6) is 0.0958. The second-order valence-electron chi connectivity index (χ2n) is 9.63. The Balaban J connectivity index is 1.54. The van der Waals surface area contributed by atoms with E-state index in [1.165, 1.54) is 6.07 Å². The van der Waals surface area contributed by atoms with Gasteiger partial charge in [0, 0.05) is 42.4 Å². The third kappa shape index (κ3) is 3.11. The van der Waals surface area contributed by atoms with Crippen molar-refractivity contribution in [1.82, 2.24) is 4.90 Å². The summed E-state index contributed by atoms with van der Waals surface area (Å²) in [4.78, 5) is 15.3. The number of rotatable bonds is 5. The van der Waals surface area contributed by atoms with Gasteiger partial charge in [-0.05, 0) is 50.2 Å². The van der Waals surface area contributed by atoms with E-state index < -0.39 is 16.8 Å². The molecule has 2 aliphatic heterocycles. The summed E-state index contributed by atoms with van der Waals surface area (Å²) in [6, 6.07) is 4.92. The maximum Gasteiger partial charge on any atom is 0.224 e. The molecule has 2 aliphatic carbocycles. The van der Waals surface area contributed by atoms with E-state index in [2.05, 4.69) is 5.32 Å². The number of amides is 1. The Bertz CT molecular complexity index is 806. The Kier molecular flexibility index (Phi) is 4.53. The Hall–Kier alpha value is -1.95. The lowest BCUT2D eigenvalue weighted by atomic mass is 9.61. The van der Waals surface area contributed by atoms with Crippen molar-refractivity contribution in [3.8, 4) is 0 Å². The summed E-state index contributed by atoms with van der Waals surface area (Å²) < 4.78 is 14.5. The summed E-state index contributed by atoms with van der Waals surface area (Å²) in [5, 5.41) is 22.4. The fourth-order valence-electron chi connectivity index (χ4n) is 5.88. The zero-order valence-electron chi connectivity index (χ0n) is 16.9. The highest BCUT2D eigenvalue weighted by atomic mass is 19.1. The van der Waals surface area contributed by atoms with Gasteiger partial charge in [-0.15, -0.1) is 0 Å². The summed E-state index contributed by atoms with van der Waals surface area (Å²) in [7, 11) is 1.70. The molecular weight excluding hydrogens is 357 g/mol. The molecule has 2 saturated carbocycles. The normalized spacial score (nSPS) is 31.2. The molecule has 1 aromatic carbocycles. The van der Waals surface area contributed by atoms with Crippen molar-refractivity contribution in [3.63, 3.8) is 0 Å². The number of nitrogens with one attached hydrogen (secondary N) is 2. The molecule has 2 saturated heterocycles. The van der Waals surface area contributed by atoms with Gasteiger partial charge in [0.2, 0.25) is 5.91 Å². The van der Waals surface area contributed by atoms with Crippen molar-refractivity contribution in [1.29, 1.82) is 5.41 Å². The zero-order chi connectivity index (χ0) is 20.3. The van der Waals surface area contributed by atoms with Gasteiger partial charge < -0.3 is 20.7 Å². The van der Waals surface area contributed by atoms with E-state index in [-0.39, 0.29) is 35.7 Å². The number of benzene rings is 1. The van der Waals surface area contributed by atoms with E-state index in [1.54, 1.807) is 19.2 Å². The average Bonchev–Trinajstić information content (AvgIpc) is 2.58. The van der Waals surface area contributed by atoms with Crippen LogP contribution in [0.25, 0.3) is 0 Å². The molecule has 28 heavy (non-hydrogen) atoms. The molecule has 1 aromatic rings. The molecule has 4 fully saturated rings. The molecule has 0 radical (unpaired) electrons. The molecule has 0 aromatic heterocycles. The second-order valence-corrected chi connectivity index (χ2v) is 9.63. The largest absolute Gasteiger partial charge is 0.390 e. The van der Waals surface area contributed by atoms with Gasteiger partial charge in [0.15, 0.2) is 0 Å². The zero-order valence-corrected chi connectivity index (χ0v) is 16.9. The van der Waals surface area contributed by atoms with E-state index in [0.717, 1.165) is 19.3 Å². The van der Waals surface area contributed by atoms with Gasteiger partial charge >= 0.3 is 0 Å². The van der Waals surface area contributed by atoms with E-state index in [0.29, 0.717) is 24.4 Å². The van der Waals surface area contributed by atoms with Gasteiger partial charge in [0.05, 0.1) is 11.2 Å². The first kappa shape index (κ1) is 19.4. The molecule has 5 rings (SSSR count). The highest BCUT2D eigenvalue weighted by Gasteiger charge is 2.55. The molecule has 4 bridgehead atoms. The fraction of sp³-hybridized carbons (Fsp3) is 0.636. The van der Waals surface area contributed by atoms with E-state index in [9.17, 15) is 14.3 Å². The molecule has 2 atom stereocenters. The van der Waals surface area contributed by atoms with E-state index in [4.69, 9.17) is 5.41 Å². The Labute approximate surface area is 165 Å². The van der Waals surface area contributed by atoms with Crippen molar-refractivity contribution in [2.45, 2.75) is 70.1 Å². The molecule has 5 nitrogen and oxygen atoms in total. The van der Waals surface area contributed by atoms with Crippen LogP contribution in [-0.4, -0.2) is 46.4 Å². The number of piperidine rings is 2. The summed E-state index contributed by atoms with van der Waals surface area (Å²) in [5.41, 5.74) is -0.465. The van der Waals surface area contributed by atoms with Crippen LogP contribution in [0.1, 0.15) is 57.9 Å². The van der Waals surface area contributed by atoms with Gasteiger partial charge in [-0.25, -0.2) is 4.39 Å². The van der Waals surface area contributed by atoms with E-state index in [1.807, 2.05) is 18.7 Å². The number of hydrogen-bond acceptors (Lipinski definition) is 4. The smallest absolute Gasteiger partial charge is 0.224 e. The number of carbonyl (C=O) groups excluding carboxylic acids is 1. The van der Waals surface area contributed by atoms with Gasteiger partial charge in [-0.2, -0.15) is 0 Å². The van der Waals surface area contributed by atoms with Gasteiger partial charge in [0.25, 0.3) is 0 Å². The quantitative estimate of drug-likeness (QED) is 0.676. The monoisotopic (exact) mass is 387 g/mol. The molecule has 6 heteroatoms. The van der Waals surface area contributed by atoms with Crippen molar-refractivity contribution in [2.75, 3.05) is 12.4 Å². The minimum absolute atomic E-state index is 0.0227. The standard InChI is InChI=1S/C22H30FN3O2/c1-21(2,20(24)19-16(23)5-4-6-17(19)25-3)12-18(27)26-14-7-13-8-15(26)11-22(28,9-13)10-14/h4-6,13-15,24-25,28H,7-12H2,1-3H3. The highest BCUT2D eigenvalue weighted by molar-refractivity contribution is 6.08. The Morgan fingerprint density at radius 2 is 1.96 bits per heavy atom. The van der Waals surface area contributed by atoms with Gasteiger partial charge in [-0.3, -0.25) is 4.79 Å². The topological polar surface area (TPSA) is 76.4 Å². The molecular formula is C22H30FN3O2. The number of aliphatic hydroxyl groups is 1. The summed E-state index contributed by atoms with van der Waals surface area (Å²) >= 11 is 0. The first-order valence-corrected chi connectivity index (χ1v) is 10.2. The SMILES string of the molecule is CNc1cccc(F)c1C(=N)C(C)(C)CC(=O)N1C2CC3CC1CC(O)(C3)C2. The van der Waals surface area contributed by atoms with Crippen LogP contribution in [0.15, 0.2) is 18.2 Å². The summed E-state index contributed by atoms with van der Waals surface area (Å²) in [6.07, 6.45) is 4.32. The lowest BCUT2D eigenvalue weighted by Gasteiger charge is -2.60. The first-order chi connectivity index (χ1) is 13.1. The number of hydrogen-bond donors (Lipinski definition) is 3. The lowest BCUT2D eigenvalue weighted by molar-refractivity contribution is -0.175. The van der Waals surface area contributed by atoms with Crippen molar-refractivity contribution in [3.05, 3.63) is 29.6 Å². The van der Waals surface area contributed by atoms with Crippen LogP contribution in [-0.2, 0) is 4.79 Å². The van der Waals surface area contributed by atoms with Crippen LogP contribution in [0.5, 0.6) is 0 Å². The van der Waals surface area contributed by atoms with Crippen molar-refractivity contribution < 1.29 is 14.3 Å². The fourth-order valence-corrected chi connectivity index (χ4v) is 5.88. The predicted molar refractivity (Wildman–Crippen MR) is 107 cm³/mol. The molecule has 2 heterocycles. The van der Waals surface area contributed by atoms with Crippen LogP contribution in [0.4, 0.5) is 10.1 Å². The predicted octanol–water partition coefficient (Wildman–Crippen LogP) is 3.56. The van der Waals surface area contributed by atoms with Crippen LogP contribution in [0.2, 0.25) is 0 Å². The van der Waals surface area contributed by atoms with Crippen molar-refractivity contribution in [2.24, 2.45) is 11.3 Å². The molecule has 152 valence electrons. The lowest BCUT2D eigenvalue weighted by Crippen LogP contribution is -2.66. The summed E-state index contributed by atoms with van der Waals surface area (Å²) in [6.45, 7) is 3.67. The molecule has 4 aliphatic rings. The highest BCUT2D eigenvalue weighted by Crippen LogP contribution is 2.51. The Morgan fingerprint density at radius 1 is 1.32 bits per heavy atom. The number of anilines is 1. The van der Waals surface area contributed by atoms with Gasteiger partial charge in [-0.1, -0.05) is 19.9 Å². The maximum absolute atomic E-state index is 14.5. The average molecular weight is 387 g/mol. The Morgan fingerprint density at radius 3 is 2.54 bits per heavy atom. The minimum atomic E-state index is -0.795. The third-order valence-electron chi connectivity index (χ3n) is 6.99. The number of nitrogens with zero attached hydrogens (tertiary/aromatic N) is 1. The van der Waals surface area contributed by atoms with Crippen LogP contribution >= 0.6 is 0 Å². The maximum atomic E-state index is 14.5. The molecule has 3 N–H and O–H groups in total.